The van der Waals surface area contributed by atoms with Gasteiger partial charge in [0.2, 0.25) is 11.8 Å². The molecule has 5 nitrogen and oxygen atoms in total. The molecular weight excluding hydrogens is 338 g/mol. The molecule has 27 heavy (non-hydrogen) atoms. The Kier molecular flexibility index (Phi) is 19.1. The van der Waals surface area contributed by atoms with E-state index in [-0.39, 0.29) is 11.8 Å². The summed E-state index contributed by atoms with van der Waals surface area (Å²) in [5, 5.41) is 2.42. The first kappa shape index (κ1) is 26.1. The van der Waals surface area contributed by atoms with Crippen molar-refractivity contribution in [3.05, 3.63) is 0 Å². The third-order valence-electron chi connectivity index (χ3n) is 5.08. The average molecular weight is 384 g/mol. The zero-order valence-electron chi connectivity index (χ0n) is 17.8. The molecule has 5 heteroatoms. The maximum atomic E-state index is 11.8. The molecule has 0 bridgehead atoms. The SMILES string of the molecule is CCCCCCCCCCCCCCCC(=O)NC(=O)[C@@H](N)CCCCN. The zero-order chi connectivity index (χ0) is 20.2. The van der Waals surface area contributed by atoms with Crippen molar-refractivity contribution in [2.75, 3.05) is 6.54 Å². The van der Waals surface area contributed by atoms with E-state index in [9.17, 15) is 9.59 Å². The Bertz CT molecular complexity index is 361. The molecule has 0 saturated heterocycles. The molecular formula is C22H45N3O2. The summed E-state index contributed by atoms with van der Waals surface area (Å²) in [5.74, 6) is -0.552. The van der Waals surface area contributed by atoms with Crippen molar-refractivity contribution < 1.29 is 9.59 Å². The summed E-state index contributed by atoms with van der Waals surface area (Å²) in [6.07, 6.45) is 19.3. The summed E-state index contributed by atoms with van der Waals surface area (Å²) in [4.78, 5) is 23.6. The molecule has 0 rings (SSSR count). The molecule has 0 aromatic carbocycles. The summed E-state index contributed by atoms with van der Waals surface area (Å²) >= 11 is 0. The molecule has 0 spiro atoms. The van der Waals surface area contributed by atoms with Crippen LogP contribution in [0.1, 0.15) is 116 Å². The van der Waals surface area contributed by atoms with Crippen molar-refractivity contribution in [1.82, 2.24) is 5.32 Å². The van der Waals surface area contributed by atoms with Gasteiger partial charge in [0.25, 0.3) is 0 Å². The molecule has 1 atom stereocenters. The number of carbonyl (C=O) groups is 2. The number of nitrogens with two attached hydrogens (primary N) is 2. The molecule has 5 N–H and O–H groups in total. The van der Waals surface area contributed by atoms with Crippen molar-refractivity contribution >= 4 is 11.8 Å². The number of hydrogen-bond acceptors (Lipinski definition) is 4. The highest BCUT2D eigenvalue weighted by atomic mass is 16.2. The maximum absolute atomic E-state index is 11.8. The van der Waals surface area contributed by atoms with E-state index in [2.05, 4.69) is 12.2 Å². The number of hydrogen-bond donors (Lipinski definition) is 3. The number of nitrogens with one attached hydrogen (secondary N) is 1. The van der Waals surface area contributed by atoms with Crippen molar-refractivity contribution in [3.63, 3.8) is 0 Å². The average Bonchev–Trinajstić information content (AvgIpc) is 2.65. The normalized spacial score (nSPS) is 12.1. The Labute approximate surface area is 167 Å². The van der Waals surface area contributed by atoms with Gasteiger partial charge in [-0.15, -0.1) is 0 Å². The van der Waals surface area contributed by atoms with Crippen molar-refractivity contribution in [2.24, 2.45) is 11.5 Å². The Hall–Kier alpha value is -0.940. The van der Waals surface area contributed by atoms with Gasteiger partial charge in [0.1, 0.15) is 0 Å². The predicted molar refractivity (Wildman–Crippen MR) is 114 cm³/mol. The van der Waals surface area contributed by atoms with E-state index in [1.807, 2.05) is 0 Å². The standard InChI is InChI=1S/C22H45N3O2/c1-2-3-4-5-6-7-8-9-10-11-12-13-14-18-21(26)25-22(27)20(24)17-15-16-19-23/h20H,2-19,23-24H2,1H3,(H,25,26,27)/t20-/m0/s1. The van der Waals surface area contributed by atoms with Gasteiger partial charge >= 0.3 is 0 Å². The second-order valence-electron chi connectivity index (χ2n) is 7.80. The van der Waals surface area contributed by atoms with E-state index in [0.29, 0.717) is 19.4 Å². The lowest BCUT2D eigenvalue weighted by Gasteiger charge is -2.11. The van der Waals surface area contributed by atoms with Gasteiger partial charge in [0.15, 0.2) is 0 Å². The van der Waals surface area contributed by atoms with Crippen LogP contribution in [0.5, 0.6) is 0 Å². The van der Waals surface area contributed by atoms with E-state index in [0.717, 1.165) is 25.7 Å². The fourth-order valence-corrected chi connectivity index (χ4v) is 3.24. The number of rotatable bonds is 19. The van der Waals surface area contributed by atoms with Crippen LogP contribution in [0.3, 0.4) is 0 Å². The molecule has 0 aliphatic heterocycles. The molecule has 0 radical (unpaired) electrons. The molecule has 0 aliphatic carbocycles. The molecule has 0 aromatic rings. The molecule has 0 aromatic heterocycles. The summed E-state index contributed by atoms with van der Waals surface area (Å²) in [5.41, 5.74) is 11.2. The van der Waals surface area contributed by atoms with E-state index in [1.54, 1.807) is 0 Å². The van der Waals surface area contributed by atoms with E-state index in [4.69, 9.17) is 11.5 Å². The van der Waals surface area contributed by atoms with Gasteiger partial charge in [-0.3, -0.25) is 14.9 Å². The van der Waals surface area contributed by atoms with Crippen LogP contribution in [0.4, 0.5) is 0 Å². The fraction of sp³-hybridized carbons (Fsp3) is 0.909. The number of imide groups is 1. The number of amides is 2. The van der Waals surface area contributed by atoms with Gasteiger partial charge in [0.05, 0.1) is 6.04 Å². The lowest BCUT2D eigenvalue weighted by molar-refractivity contribution is -0.131. The second-order valence-corrected chi connectivity index (χ2v) is 7.80. The number of unbranched alkanes of at least 4 members (excludes halogenated alkanes) is 13. The van der Waals surface area contributed by atoms with Crippen molar-refractivity contribution in [1.29, 1.82) is 0 Å². The first-order valence-electron chi connectivity index (χ1n) is 11.4. The van der Waals surface area contributed by atoms with Crippen LogP contribution in [0, 0.1) is 0 Å². The van der Waals surface area contributed by atoms with Crippen LogP contribution in [0.15, 0.2) is 0 Å². The molecule has 0 heterocycles. The predicted octanol–water partition coefficient (Wildman–Crippen LogP) is 4.57. The lowest BCUT2D eigenvalue weighted by atomic mass is 10.0. The molecule has 0 saturated carbocycles. The van der Waals surface area contributed by atoms with Crippen LogP contribution in [-0.4, -0.2) is 24.4 Å². The topological polar surface area (TPSA) is 98.2 Å². The van der Waals surface area contributed by atoms with Crippen LogP contribution in [0.25, 0.3) is 0 Å². The van der Waals surface area contributed by atoms with Gasteiger partial charge in [-0.1, -0.05) is 90.4 Å². The second kappa shape index (κ2) is 19.8. The molecule has 0 aliphatic rings. The van der Waals surface area contributed by atoms with Gasteiger partial charge < -0.3 is 11.5 Å². The molecule has 0 fully saturated rings. The fourth-order valence-electron chi connectivity index (χ4n) is 3.24. The van der Waals surface area contributed by atoms with Crippen LogP contribution in [0.2, 0.25) is 0 Å². The van der Waals surface area contributed by atoms with Gasteiger partial charge in [-0.05, 0) is 25.8 Å². The molecule has 160 valence electrons. The highest BCUT2D eigenvalue weighted by Crippen LogP contribution is 2.12. The Balaban J connectivity index is 3.39. The first-order valence-corrected chi connectivity index (χ1v) is 11.4. The zero-order valence-corrected chi connectivity index (χ0v) is 17.8. The van der Waals surface area contributed by atoms with Gasteiger partial charge in [-0.25, -0.2) is 0 Å². The summed E-state index contributed by atoms with van der Waals surface area (Å²) in [7, 11) is 0. The minimum absolute atomic E-state index is 0.197. The molecule has 0 unspecified atom stereocenters. The molecule has 2 amide bonds. The van der Waals surface area contributed by atoms with Crippen molar-refractivity contribution in [3.8, 4) is 0 Å². The third kappa shape index (κ3) is 18.2. The summed E-state index contributed by atoms with van der Waals surface area (Å²) < 4.78 is 0. The van der Waals surface area contributed by atoms with E-state index in [1.165, 1.54) is 70.6 Å². The summed E-state index contributed by atoms with van der Waals surface area (Å²) in [6, 6.07) is -0.604. The van der Waals surface area contributed by atoms with Crippen LogP contribution < -0.4 is 16.8 Å². The summed E-state index contributed by atoms with van der Waals surface area (Å²) in [6.45, 7) is 2.86. The minimum atomic E-state index is -0.604. The highest BCUT2D eigenvalue weighted by Gasteiger charge is 2.15. The lowest BCUT2D eigenvalue weighted by Crippen LogP contribution is -2.43. The smallest absolute Gasteiger partial charge is 0.243 e. The van der Waals surface area contributed by atoms with Gasteiger partial charge in [0, 0.05) is 6.42 Å². The minimum Gasteiger partial charge on any atom is -0.330 e. The van der Waals surface area contributed by atoms with Crippen molar-refractivity contribution in [2.45, 2.75) is 122 Å². The first-order chi connectivity index (χ1) is 13.1. The van der Waals surface area contributed by atoms with E-state index >= 15 is 0 Å². The number of carbonyl (C=O) groups excluding carboxylic acids is 2. The Morgan fingerprint density at radius 2 is 1.22 bits per heavy atom. The third-order valence-corrected chi connectivity index (χ3v) is 5.08. The van der Waals surface area contributed by atoms with E-state index < -0.39 is 6.04 Å². The van der Waals surface area contributed by atoms with Crippen LogP contribution >= 0.6 is 0 Å². The quantitative estimate of drug-likeness (QED) is 0.285. The highest BCUT2D eigenvalue weighted by molar-refractivity contribution is 5.97. The van der Waals surface area contributed by atoms with Crippen LogP contribution in [-0.2, 0) is 9.59 Å². The maximum Gasteiger partial charge on any atom is 0.243 e. The monoisotopic (exact) mass is 383 g/mol. The van der Waals surface area contributed by atoms with Gasteiger partial charge in [-0.2, -0.15) is 0 Å². The largest absolute Gasteiger partial charge is 0.330 e. The Morgan fingerprint density at radius 1 is 0.741 bits per heavy atom. The Morgan fingerprint density at radius 3 is 1.70 bits per heavy atom.